The maximum atomic E-state index is 12.6. The Balaban J connectivity index is 1.97. The maximum Gasteiger partial charge on any atom is 0.267 e. The zero-order chi connectivity index (χ0) is 16.4. The van der Waals surface area contributed by atoms with Crippen LogP contribution in [0.4, 0.5) is 0 Å². The second kappa shape index (κ2) is 6.66. The first-order chi connectivity index (χ1) is 11.1. The number of amides is 1. The fourth-order valence-electron chi connectivity index (χ4n) is 2.23. The molecule has 0 N–H and O–H groups in total. The van der Waals surface area contributed by atoms with E-state index in [4.69, 9.17) is 12.2 Å². The summed E-state index contributed by atoms with van der Waals surface area (Å²) in [6.07, 6.45) is 1.72. The van der Waals surface area contributed by atoms with Gasteiger partial charge in [-0.1, -0.05) is 60.4 Å². The molecule has 4 nitrogen and oxygen atoms in total. The van der Waals surface area contributed by atoms with Crippen molar-refractivity contribution < 1.29 is 14.7 Å². The zero-order valence-electron chi connectivity index (χ0n) is 11.7. The first-order valence-electron chi connectivity index (χ1n) is 6.64. The van der Waals surface area contributed by atoms with Gasteiger partial charge in [-0.3, -0.25) is 9.69 Å². The molecule has 3 rings (SSSR count). The number of carboxylic acids is 1. The standard InChI is InChI=1S/C16H11NO3S3/c18-14-12(9-11-7-4-8-22-11)23-16(21)17(14)13(15(19)20)10-5-2-1-3-6-10/h1-9,13H,(H,19,20)/p-1/b12-9-/t13-/m1/s1. The Bertz CT molecular complexity index is 784. The first-order valence-corrected chi connectivity index (χ1v) is 8.75. The molecule has 1 aliphatic rings. The molecular formula is C16H10NO3S3-. The molecule has 7 heteroatoms. The van der Waals surface area contributed by atoms with Crippen LogP contribution in [0.5, 0.6) is 0 Å². The number of thiophene rings is 1. The van der Waals surface area contributed by atoms with Crippen LogP contribution in [-0.2, 0) is 9.59 Å². The molecule has 1 amide bonds. The summed E-state index contributed by atoms with van der Waals surface area (Å²) in [6, 6.07) is 11.0. The van der Waals surface area contributed by atoms with Gasteiger partial charge in [-0.05, 0) is 23.1 Å². The van der Waals surface area contributed by atoms with Gasteiger partial charge in [-0.15, -0.1) is 11.3 Å². The Labute approximate surface area is 146 Å². The molecule has 2 aromatic rings. The highest BCUT2D eigenvalue weighted by Gasteiger charge is 2.38. The molecule has 0 unspecified atom stereocenters. The van der Waals surface area contributed by atoms with Crippen LogP contribution in [0.1, 0.15) is 16.5 Å². The normalized spacial score (nSPS) is 17.7. The number of thioether (sulfide) groups is 1. The second-order valence-electron chi connectivity index (χ2n) is 4.70. The van der Waals surface area contributed by atoms with Gasteiger partial charge < -0.3 is 9.90 Å². The highest BCUT2D eigenvalue weighted by molar-refractivity contribution is 8.26. The predicted molar refractivity (Wildman–Crippen MR) is 93.5 cm³/mol. The number of carbonyl (C=O) groups excluding carboxylic acids is 2. The molecule has 23 heavy (non-hydrogen) atoms. The molecule has 0 radical (unpaired) electrons. The molecule has 1 aliphatic heterocycles. The van der Waals surface area contributed by atoms with E-state index in [1.54, 1.807) is 36.4 Å². The Morgan fingerprint density at radius 1 is 1.22 bits per heavy atom. The molecule has 0 bridgehead atoms. The zero-order valence-corrected chi connectivity index (χ0v) is 14.1. The smallest absolute Gasteiger partial charge is 0.267 e. The summed E-state index contributed by atoms with van der Waals surface area (Å²) in [5, 5.41) is 13.5. The van der Waals surface area contributed by atoms with Gasteiger partial charge in [0.15, 0.2) is 0 Å². The summed E-state index contributed by atoms with van der Waals surface area (Å²) < 4.78 is 0.218. The van der Waals surface area contributed by atoms with Gasteiger partial charge in [-0.25, -0.2) is 0 Å². The summed E-state index contributed by atoms with van der Waals surface area (Å²) in [4.78, 5) is 26.7. The average molecular weight is 360 g/mol. The highest BCUT2D eigenvalue weighted by atomic mass is 32.2. The molecule has 1 atom stereocenters. The van der Waals surface area contributed by atoms with E-state index in [0.29, 0.717) is 10.5 Å². The minimum absolute atomic E-state index is 0.218. The molecule has 0 aliphatic carbocycles. The quantitative estimate of drug-likeness (QED) is 0.619. The van der Waals surface area contributed by atoms with Crippen molar-refractivity contribution in [2.24, 2.45) is 0 Å². The van der Waals surface area contributed by atoms with Crippen molar-refractivity contribution in [1.29, 1.82) is 0 Å². The first kappa shape index (κ1) is 15.9. The maximum absolute atomic E-state index is 12.6. The Kier molecular flexibility index (Phi) is 4.61. The summed E-state index contributed by atoms with van der Waals surface area (Å²) in [5.74, 6) is -1.77. The number of hydrogen-bond donors (Lipinski definition) is 0. The van der Waals surface area contributed by atoms with Gasteiger partial charge in [0.25, 0.3) is 5.91 Å². The lowest BCUT2D eigenvalue weighted by Crippen LogP contribution is -2.43. The fraction of sp³-hybridized carbons (Fsp3) is 0.0625. The van der Waals surface area contributed by atoms with Crippen LogP contribution in [-0.4, -0.2) is 21.1 Å². The third kappa shape index (κ3) is 3.21. The van der Waals surface area contributed by atoms with Gasteiger partial charge in [0.05, 0.1) is 10.9 Å². The number of benzene rings is 1. The van der Waals surface area contributed by atoms with Gasteiger partial charge in [0.2, 0.25) is 0 Å². The summed E-state index contributed by atoms with van der Waals surface area (Å²) >= 11 is 7.82. The summed E-state index contributed by atoms with van der Waals surface area (Å²) in [7, 11) is 0. The summed E-state index contributed by atoms with van der Waals surface area (Å²) in [5.41, 5.74) is 0.459. The van der Waals surface area contributed by atoms with Crippen molar-refractivity contribution >= 4 is 57.6 Å². The molecule has 1 saturated heterocycles. The van der Waals surface area contributed by atoms with E-state index in [-0.39, 0.29) is 4.32 Å². The number of rotatable bonds is 4. The average Bonchev–Trinajstić information content (AvgIpc) is 3.12. The minimum atomic E-state index is -1.36. The number of nitrogens with zero attached hydrogens (tertiary/aromatic N) is 1. The van der Waals surface area contributed by atoms with Gasteiger partial charge in [-0.2, -0.15) is 0 Å². The lowest BCUT2D eigenvalue weighted by atomic mass is 10.1. The SMILES string of the molecule is O=C([O-])[C@@H](c1ccccc1)N1C(=O)/C(=C/c2cccs2)SC1=S. The van der Waals surface area contributed by atoms with E-state index in [1.165, 1.54) is 11.3 Å². The van der Waals surface area contributed by atoms with Crippen LogP contribution in [0.15, 0.2) is 52.7 Å². The van der Waals surface area contributed by atoms with Crippen LogP contribution in [0.2, 0.25) is 0 Å². The topological polar surface area (TPSA) is 60.4 Å². The van der Waals surface area contributed by atoms with Crippen LogP contribution >= 0.6 is 35.3 Å². The molecule has 0 spiro atoms. The Morgan fingerprint density at radius 3 is 2.57 bits per heavy atom. The number of aliphatic carboxylic acids is 1. The molecule has 2 heterocycles. The van der Waals surface area contributed by atoms with Crippen LogP contribution < -0.4 is 5.11 Å². The van der Waals surface area contributed by atoms with Crippen LogP contribution in [0.3, 0.4) is 0 Å². The molecule has 1 aromatic carbocycles. The van der Waals surface area contributed by atoms with E-state index >= 15 is 0 Å². The van der Waals surface area contributed by atoms with E-state index < -0.39 is 17.9 Å². The largest absolute Gasteiger partial charge is 0.547 e. The minimum Gasteiger partial charge on any atom is -0.547 e. The van der Waals surface area contributed by atoms with E-state index in [2.05, 4.69) is 0 Å². The van der Waals surface area contributed by atoms with Crippen LogP contribution in [0.25, 0.3) is 6.08 Å². The van der Waals surface area contributed by atoms with Crippen LogP contribution in [0, 0.1) is 0 Å². The van der Waals surface area contributed by atoms with Gasteiger partial charge in [0.1, 0.15) is 10.4 Å². The van der Waals surface area contributed by atoms with E-state index in [9.17, 15) is 14.7 Å². The summed E-state index contributed by atoms with van der Waals surface area (Å²) in [6.45, 7) is 0. The molecule has 1 fully saturated rings. The molecule has 1 aromatic heterocycles. The van der Waals surface area contributed by atoms with Crippen molar-refractivity contribution in [2.75, 3.05) is 0 Å². The van der Waals surface area contributed by atoms with E-state index in [1.807, 2.05) is 17.5 Å². The van der Waals surface area contributed by atoms with Crippen molar-refractivity contribution in [2.45, 2.75) is 6.04 Å². The monoisotopic (exact) mass is 360 g/mol. The molecular weight excluding hydrogens is 350 g/mol. The third-order valence-electron chi connectivity index (χ3n) is 3.24. The lowest BCUT2D eigenvalue weighted by Gasteiger charge is -2.27. The number of carboxylic acid groups (broad SMARTS) is 1. The van der Waals surface area contributed by atoms with Crippen molar-refractivity contribution in [3.63, 3.8) is 0 Å². The van der Waals surface area contributed by atoms with Crippen molar-refractivity contribution in [3.8, 4) is 0 Å². The Morgan fingerprint density at radius 2 is 1.96 bits per heavy atom. The Hall–Kier alpha value is -1.96. The molecule has 116 valence electrons. The predicted octanol–water partition coefficient (Wildman–Crippen LogP) is 2.44. The highest BCUT2D eigenvalue weighted by Crippen LogP contribution is 2.38. The fourth-order valence-corrected chi connectivity index (χ4v) is 4.27. The number of thiocarbonyl (C=S) groups is 1. The third-order valence-corrected chi connectivity index (χ3v) is 5.39. The van der Waals surface area contributed by atoms with Gasteiger partial charge >= 0.3 is 0 Å². The second-order valence-corrected chi connectivity index (χ2v) is 7.35. The van der Waals surface area contributed by atoms with Crippen molar-refractivity contribution in [1.82, 2.24) is 4.90 Å². The molecule has 0 saturated carbocycles. The van der Waals surface area contributed by atoms with E-state index in [0.717, 1.165) is 21.5 Å². The number of hydrogen-bond acceptors (Lipinski definition) is 6. The number of carbonyl (C=O) groups is 2. The lowest BCUT2D eigenvalue weighted by molar-refractivity contribution is -0.310. The van der Waals surface area contributed by atoms with Crippen molar-refractivity contribution in [3.05, 3.63) is 63.2 Å². The van der Waals surface area contributed by atoms with Gasteiger partial charge in [0, 0.05) is 4.88 Å².